The van der Waals surface area contributed by atoms with Gasteiger partial charge in [-0.1, -0.05) is 6.07 Å². The first-order chi connectivity index (χ1) is 11.6. The lowest BCUT2D eigenvalue weighted by atomic mass is 10.3. The third-order valence-electron chi connectivity index (χ3n) is 3.86. The molecular formula is C16H21N5O3. The van der Waals surface area contributed by atoms with Crippen LogP contribution in [0.4, 0.5) is 0 Å². The lowest BCUT2D eigenvalue weighted by Gasteiger charge is -2.16. The van der Waals surface area contributed by atoms with Crippen molar-refractivity contribution in [3.63, 3.8) is 0 Å². The van der Waals surface area contributed by atoms with Gasteiger partial charge in [-0.3, -0.25) is 19.4 Å². The number of ether oxygens (including phenoxy) is 1. The number of rotatable bonds is 6. The lowest BCUT2D eigenvalue weighted by molar-refractivity contribution is -0.122. The zero-order valence-electron chi connectivity index (χ0n) is 13.5. The summed E-state index contributed by atoms with van der Waals surface area (Å²) >= 11 is 0. The van der Waals surface area contributed by atoms with Gasteiger partial charge in [0, 0.05) is 39.1 Å². The molecule has 1 saturated heterocycles. The number of nitrogens with one attached hydrogen (secondary N) is 1. The van der Waals surface area contributed by atoms with Crippen molar-refractivity contribution in [2.75, 3.05) is 19.6 Å². The Kier molecular flexibility index (Phi) is 5.07. The number of hydrogen-bond donors (Lipinski definition) is 2. The van der Waals surface area contributed by atoms with Crippen LogP contribution in [0, 0.1) is 0 Å². The largest absolute Gasteiger partial charge is 0.483 e. The molecule has 1 aliphatic heterocycles. The average molecular weight is 331 g/mol. The van der Waals surface area contributed by atoms with Crippen molar-refractivity contribution < 1.29 is 14.6 Å². The van der Waals surface area contributed by atoms with Crippen LogP contribution in [0.2, 0.25) is 0 Å². The average Bonchev–Trinajstić information content (AvgIpc) is 3.12. The summed E-state index contributed by atoms with van der Waals surface area (Å²) in [5.41, 5.74) is 0.949. The molecule has 0 saturated carbocycles. The topological polar surface area (TPSA) is 92.5 Å². The van der Waals surface area contributed by atoms with Gasteiger partial charge in [0.15, 0.2) is 5.75 Å². The summed E-state index contributed by atoms with van der Waals surface area (Å²) in [6.45, 7) is 1.57. The second-order valence-electron chi connectivity index (χ2n) is 5.91. The highest BCUT2D eigenvalue weighted by Crippen LogP contribution is 2.17. The van der Waals surface area contributed by atoms with E-state index in [9.17, 15) is 9.90 Å². The molecule has 3 rings (SSSR count). The fourth-order valence-corrected chi connectivity index (χ4v) is 2.67. The van der Waals surface area contributed by atoms with Gasteiger partial charge in [-0.15, -0.1) is 0 Å². The molecule has 0 unspecified atom stereocenters. The van der Waals surface area contributed by atoms with Crippen LogP contribution in [0.1, 0.15) is 5.56 Å². The predicted molar refractivity (Wildman–Crippen MR) is 86.2 cm³/mol. The Labute approximate surface area is 140 Å². The van der Waals surface area contributed by atoms with Crippen LogP contribution in [0.3, 0.4) is 0 Å². The molecular weight excluding hydrogens is 310 g/mol. The van der Waals surface area contributed by atoms with Gasteiger partial charge in [0.2, 0.25) is 5.91 Å². The number of aromatic nitrogens is 3. The number of carbonyl (C=O) groups excluding carboxylic acids is 1. The van der Waals surface area contributed by atoms with Gasteiger partial charge in [0.1, 0.15) is 12.2 Å². The van der Waals surface area contributed by atoms with E-state index in [1.807, 2.05) is 17.0 Å². The maximum Gasteiger partial charge on any atom is 0.234 e. The van der Waals surface area contributed by atoms with E-state index in [4.69, 9.17) is 4.74 Å². The van der Waals surface area contributed by atoms with Gasteiger partial charge in [-0.25, -0.2) is 0 Å². The van der Waals surface area contributed by atoms with Gasteiger partial charge >= 0.3 is 0 Å². The molecule has 3 heterocycles. The number of likely N-dealkylation sites (tertiary alicyclic amines) is 1. The van der Waals surface area contributed by atoms with Crippen LogP contribution < -0.4 is 10.1 Å². The van der Waals surface area contributed by atoms with Gasteiger partial charge in [-0.2, -0.15) is 5.10 Å². The number of nitrogens with zero attached hydrogens (tertiary/aromatic N) is 4. The van der Waals surface area contributed by atoms with E-state index in [2.05, 4.69) is 15.4 Å². The number of β-amino-alcohol motifs (C(OH)–C–C–N with tert-alkyl or cyclic N) is 1. The van der Waals surface area contributed by atoms with Crippen LogP contribution in [0.5, 0.6) is 5.75 Å². The first-order valence-electron chi connectivity index (χ1n) is 7.81. The molecule has 0 aliphatic carbocycles. The monoisotopic (exact) mass is 331 g/mol. The van der Waals surface area contributed by atoms with E-state index >= 15 is 0 Å². The Balaban J connectivity index is 1.45. The summed E-state index contributed by atoms with van der Waals surface area (Å²) in [5.74, 6) is 0.525. The van der Waals surface area contributed by atoms with Gasteiger partial charge in [-0.05, 0) is 11.6 Å². The van der Waals surface area contributed by atoms with Gasteiger partial charge < -0.3 is 15.2 Å². The first kappa shape index (κ1) is 16.4. The van der Waals surface area contributed by atoms with E-state index in [1.165, 1.54) is 0 Å². The molecule has 0 spiro atoms. The zero-order valence-corrected chi connectivity index (χ0v) is 13.5. The minimum absolute atomic E-state index is 0.0897. The van der Waals surface area contributed by atoms with Gasteiger partial charge in [0.05, 0.1) is 18.9 Å². The van der Waals surface area contributed by atoms with Crippen molar-refractivity contribution >= 4 is 5.91 Å². The lowest BCUT2D eigenvalue weighted by Crippen LogP contribution is -2.36. The number of hydrogen-bond acceptors (Lipinski definition) is 6. The highest BCUT2D eigenvalue weighted by atomic mass is 16.5. The van der Waals surface area contributed by atoms with Crippen molar-refractivity contribution in [1.82, 2.24) is 25.0 Å². The summed E-state index contributed by atoms with van der Waals surface area (Å²) in [4.78, 5) is 17.9. The second-order valence-corrected chi connectivity index (χ2v) is 5.91. The molecule has 128 valence electrons. The van der Waals surface area contributed by atoms with E-state index in [-0.39, 0.29) is 18.6 Å². The first-order valence-corrected chi connectivity index (χ1v) is 7.81. The highest BCUT2D eigenvalue weighted by molar-refractivity contribution is 5.78. The summed E-state index contributed by atoms with van der Waals surface area (Å²) in [6.07, 6.45) is 5.78. The van der Waals surface area contributed by atoms with Crippen molar-refractivity contribution in [2.45, 2.75) is 18.8 Å². The third-order valence-corrected chi connectivity index (χ3v) is 3.86. The second kappa shape index (κ2) is 7.41. The molecule has 2 aromatic heterocycles. The predicted octanol–water partition coefficient (Wildman–Crippen LogP) is -0.445. The minimum Gasteiger partial charge on any atom is -0.483 e. The number of pyridine rings is 1. The summed E-state index contributed by atoms with van der Waals surface area (Å²) in [7, 11) is 1.80. The fraction of sp³-hybridized carbons (Fsp3) is 0.438. The van der Waals surface area contributed by atoms with E-state index < -0.39 is 6.10 Å². The molecule has 2 atom stereocenters. The molecule has 1 aliphatic rings. The number of aryl methyl sites for hydroxylation is 1. The normalized spacial score (nSPS) is 20.9. The Morgan fingerprint density at radius 2 is 2.33 bits per heavy atom. The van der Waals surface area contributed by atoms with Crippen molar-refractivity contribution in [3.8, 4) is 5.75 Å². The van der Waals surface area contributed by atoms with Crippen LogP contribution in [0.15, 0.2) is 36.9 Å². The van der Waals surface area contributed by atoms with Crippen LogP contribution in [0.25, 0.3) is 0 Å². The minimum atomic E-state index is -0.628. The van der Waals surface area contributed by atoms with Crippen LogP contribution in [-0.2, 0) is 18.4 Å². The van der Waals surface area contributed by atoms with Crippen molar-refractivity contribution in [2.24, 2.45) is 7.05 Å². The maximum atomic E-state index is 12.0. The summed E-state index contributed by atoms with van der Waals surface area (Å²) < 4.78 is 7.37. The molecule has 0 aromatic carbocycles. The quantitative estimate of drug-likeness (QED) is 0.745. The molecule has 2 N–H and O–H groups in total. The number of carbonyl (C=O) groups is 1. The van der Waals surface area contributed by atoms with E-state index in [0.717, 1.165) is 5.56 Å². The van der Waals surface area contributed by atoms with Crippen molar-refractivity contribution in [1.29, 1.82) is 0 Å². The highest BCUT2D eigenvalue weighted by Gasteiger charge is 2.34. The number of aliphatic hydroxyl groups is 1. The zero-order chi connectivity index (χ0) is 16.9. The standard InChI is InChI=1S/C16H21N5O3/c1-20-8-13(7-19-20)24-15-10-21(9-14(15)22)11-16(23)18-6-12-3-2-4-17-5-12/h2-5,7-8,14-15,22H,6,9-11H2,1H3,(H,18,23)/t14-,15-/m1/s1. The Bertz CT molecular complexity index is 675. The molecule has 8 heteroatoms. The van der Waals surface area contributed by atoms with E-state index in [1.54, 1.807) is 36.5 Å². The van der Waals surface area contributed by atoms with Crippen molar-refractivity contribution in [3.05, 3.63) is 42.5 Å². The fourth-order valence-electron chi connectivity index (χ4n) is 2.67. The molecule has 0 radical (unpaired) electrons. The molecule has 2 aromatic rings. The SMILES string of the molecule is Cn1cc(O[C@@H]2CN(CC(=O)NCc3cccnc3)C[C@H]2O)cn1. The number of amides is 1. The van der Waals surface area contributed by atoms with Gasteiger partial charge in [0.25, 0.3) is 0 Å². The number of aliphatic hydroxyl groups excluding tert-OH is 1. The molecule has 0 bridgehead atoms. The third kappa shape index (κ3) is 4.30. The molecule has 8 nitrogen and oxygen atoms in total. The Hall–Kier alpha value is -2.45. The molecule has 1 fully saturated rings. The molecule has 24 heavy (non-hydrogen) atoms. The Morgan fingerprint density at radius 3 is 3.04 bits per heavy atom. The summed E-state index contributed by atoms with van der Waals surface area (Å²) in [6, 6.07) is 3.74. The Morgan fingerprint density at radius 1 is 1.46 bits per heavy atom. The maximum absolute atomic E-state index is 12.0. The van der Waals surface area contributed by atoms with Crippen LogP contribution >= 0.6 is 0 Å². The molecule has 1 amide bonds. The van der Waals surface area contributed by atoms with E-state index in [0.29, 0.717) is 25.4 Å². The van der Waals surface area contributed by atoms with Crippen LogP contribution in [-0.4, -0.2) is 62.5 Å². The summed E-state index contributed by atoms with van der Waals surface area (Å²) in [5, 5.41) is 17.0. The smallest absolute Gasteiger partial charge is 0.234 e.